The van der Waals surface area contributed by atoms with E-state index in [1.807, 2.05) is 24.7 Å². The minimum Gasteiger partial charge on any atom is -0.373 e. The molecule has 88 valence electrons. The minimum atomic E-state index is 0.622. The van der Waals surface area contributed by atoms with Crippen molar-refractivity contribution in [2.45, 2.75) is 18.8 Å². The number of aromatic nitrogens is 4. The summed E-state index contributed by atoms with van der Waals surface area (Å²) >= 11 is 0. The van der Waals surface area contributed by atoms with Crippen LogP contribution in [0.2, 0.25) is 0 Å². The maximum absolute atomic E-state index is 4.63. The van der Waals surface area contributed by atoms with Crippen LogP contribution in [0.4, 0.5) is 5.82 Å². The molecule has 2 heterocycles. The Morgan fingerprint density at radius 3 is 2.76 bits per heavy atom. The molecule has 1 aliphatic carbocycles. The van der Waals surface area contributed by atoms with Crippen molar-refractivity contribution in [2.75, 3.05) is 12.4 Å². The standard InChI is InChI=1S/C12H15N5/c1-13-11-5-9(8-3-4-8)15-12(16-11)10-6-14-7-17(10)2/h5-8H,3-4H2,1-2H3,(H,13,15,16). The molecule has 2 aromatic heterocycles. The van der Waals surface area contributed by atoms with E-state index >= 15 is 0 Å². The summed E-state index contributed by atoms with van der Waals surface area (Å²) in [6.45, 7) is 0. The number of anilines is 1. The molecular formula is C12H15N5. The van der Waals surface area contributed by atoms with E-state index in [1.54, 1.807) is 12.5 Å². The summed E-state index contributed by atoms with van der Waals surface area (Å²) in [5.41, 5.74) is 2.09. The van der Waals surface area contributed by atoms with E-state index in [0.717, 1.165) is 23.0 Å². The van der Waals surface area contributed by atoms with Crippen LogP contribution in [0.3, 0.4) is 0 Å². The van der Waals surface area contributed by atoms with Crippen LogP contribution in [0.25, 0.3) is 11.5 Å². The molecule has 0 radical (unpaired) electrons. The van der Waals surface area contributed by atoms with Gasteiger partial charge in [-0.15, -0.1) is 0 Å². The van der Waals surface area contributed by atoms with Crippen molar-refractivity contribution in [3.05, 3.63) is 24.3 Å². The molecule has 5 nitrogen and oxygen atoms in total. The summed E-state index contributed by atoms with van der Waals surface area (Å²) in [5.74, 6) is 2.24. The molecular weight excluding hydrogens is 214 g/mol. The van der Waals surface area contributed by atoms with Gasteiger partial charge in [-0.3, -0.25) is 0 Å². The third kappa shape index (κ3) is 1.88. The number of hydrogen-bond acceptors (Lipinski definition) is 4. The normalized spacial score (nSPS) is 14.9. The fourth-order valence-electron chi connectivity index (χ4n) is 1.87. The first-order valence-electron chi connectivity index (χ1n) is 5.81. The topological polar surface area (TPSA) is 55.6 Å². The number of imidazole rings is 1. The number of nitrogens with zero attached hydrogens (tertiary/aromatic N) is 4. The van der Waals surface area contributed by atoms with Crippen LogP contribution in [-0.4, -0.2) is 26.6 Å². The van der Waals surface area contributed by atoms with Crippen LogP contribution < -0.4 is 5.32 Å². The van der Waals surface area contributed by atoms with Gasteiger partial charge in [-0.2, -0.15) is 0 Å². The summed E-state index contributed by atoms with van der Waals surface area (Å²) < 4.78 is 1.94. The van der Waals surface area contributed by atoms with E-state index < -0.39 is 0 Å². The van der Waals surface area contributed by atoms with E-state index in [9.17, 15) is 0 Å². The van der Waals surface area contributed by atoms with E-state index in [2.05, 4.69) is 20.3 Å². The van der Waals surface area contributed by atoms with Crippen LogP contribution in [-0.2, 0) is 7.05 Å². The predicted molar refractivity (Wildman–Crippen MR) is 65.8 cm³/mol. The lowest BCUT2D eigenvalue weighted by atomic mass is 10.2. The molecule has 0 aromatic carbocycles. The molecule has 5 heteroatoms. The Bertz CT molecular complexity index is 542. The number of hydrogen-bond donors (Lipinski definition) is 1. The van der Waals surface area contributed by atoms with Crippen molar-refractivity contribution in [3.8, 4) is 11.5 Å². The first-order valence-corrected chi connectivity index (χ1v) is 5.81. The van der Waals surface area contributed by atoms with E-state index in [1.165, 1.54) is 12.8 Å². The molecule has 3 rings (SSSR count). The van der Waals surface area contributed by atoms with E-state index in [0.29, 0.717) is 5.92 Å². The largest absolute Gasteiger partial charge is 0.373 e. The monoisotopic (exact) mass is 229 g/mol. The van der Waals surface area contributed by atoms with Crippen LogP contribution >= 0.6 is 0 Å². The van der Waals surface area contributed by atoms with Crippen LogP contribution in [0.1, 0.15) is 24.5 Å². The van der Waals surface area contributed by atoms with Gasteiger partial charge in [0.25, 0.3) is 0 Å². The molecule has 0 bridgehead atoms. The fourth-order valence-corrected chi connectivity index (χ4v) is 1.87. The van der Waals surface area contributed by atoms with Crippen molar-refractivity contribution < 1.29 is 0 Å². The molecule has 2 aromatic rings. The Balaban J connectivity index is 2.09. The molecule has 17 heavy (non-hydrogen) atoms. The zero-order valence-electron chi connectivity index (χ0n) is 10.0. The second kappa shape index (κ2) is 3.84. The molecule has 1 aliphatic rings. The van der Waals surface area contributed by atoms with Gasteiger partial charge in [-0.1, -0.05) is 0 Å². The molecule has 0 amide bonds. The van der Waals surface area contributed by atoms with Gasteiger partial charge in [0.05, 0.1) is 12.5 Å². The molecule has 0 atom stereocenters. The Kier molecular flexibility index (Phi) is 2.31. The van der Waals surface area contributed by atoms with Crippen LogP contribution in [0, 0.1) is 0 Å². The van der Waals surface area contributed by atoms with Gasteiger partial charge in [-0.05, 0) is 12.8 Å². The summed E-state index contributed by atoms with van der Waals surface area (Å²) in [6.07, 6.45) is 6.04. The highest BCUT2D eigenvalue weighted by atomic mass is 15.1. The highest BCUT2D eigenvalue weighted by Gasteiger charge is 2.26. The second-order valence-electron chi connectivity index (χ2n) is 4.42. The smallest absolute Gasteiger partial charge is 0.180 e. The summed E-state index contributed by atoms with van der Waals surface area (Å²) in [4.78, 5) is 13.2. The van der Waals surface area contributed by atoms with Gasteiger partial charge in [0, 0.05) is 31.8 Å². The first kappa shape index (κ1) is 10.3. The number of aryl methyl sites for hydroxylation is 1. The number of nitrogens with one attached hydrogen (secondary N) is 1. The quantitative estimate of drug-likeness (QED) is 0.872. The summed E-state index contributed by atoms with van der Waals surface area (Å²) in [5, 5.41) is 3.09. The average molecular weight is 229 g/mol. The minimum absolute atomic E-state index is 0.622. The zero-order valence-corrected chi connectivity index (χ0v) is 10.0. The van der Waals surface area contributed by atoms with Gasteiger partial charge in [-0.25, -0.2) is 15.0 Å². The van der Waals surface area contributed by atoms with Gasteiger partial charge >= 0.3 is 0 Å². The Morgan fingerprint density at radius 2 is 2.18 bits per heavy atom. The number of rotatable bonds is 3. The van der Waals surface area contributed by atoms with Gasteiger partial charge in [0.1, 0.15) is 11.5 Å². The van der Waals surface area contributed by atoms with Crippen molar-refractivity contribution in [1.82, 2.24) is 19.5 Å². The average Bonchev–Trinajstić information content (AvgIpc) is 3.11. The van der Waals surface area contributed by atoms with Gasteiger partial charge < -0.3 is 9.88 Å². The van der Waals surface area contributed by atoms with Crippen molar-refractivity contribution in [3.63, 3.8) is 0 Å². The lowest BCUT2D eigenvalue weighted by Crippen LogP contribution is -2.02. The maximum atomic E-state index is 4.63. The Labute approximate surface area is 99.9 Å². The molecule has 0 aliphatic heterocycles. The molecule has 0 unspecified atom stereocenters. The molecule has 0 saturated heterocycles. The van der Waals surface area contributed by atoms with Gasteiger partial charge in [0.2, 0.25) is 0 Å². The molecule has 1 saturated carbocycles. The Hall–Kier alpha value is -1.91. The second-order valence-corrected chi connectivity index (χ2v) is 4.42. The fraction of sp³-hybridized carbons (Fsp3) is 0.417. The lowest BCUT2D eigenvalue weighted by molar-refractivity contribution is 0.899. The third-order valence-electron chi connectivity index (χ3n) is 3.04. The van der Waals surface area contributed by atoms with E-state index in [4.69, 9.17) is 0 Å². The maximum Gasteiger partial charge on any atom is 0.180 e. The highest BCUT2D eigenvalue weighted by molar-refractivity contribution is 5.53. The third-order valence-corrected chi connectivity index (χ3v) is 3.04. The molecule has 1 fully saturated rings. The lowest BCUT2D eigenvalue weighted by Gasteiger charge is -2.07. The summed E-state index contributed by atoms with van der Waals surface area (Å²) in [7, 11) is 3.83. The van der Waals surface area contributed by atoms with E-state index in [-0.39, 0.29) is 0 Å². The summed E-state index contributed by atoms with van der Waals surface area (Å²) in [6, 6.07) is 2.04. The molecule has 1 N–H and O–H groups in total. The van der Waals surface area contributed by atoms with Crippen molar-refractivity contribution in [1.29, 1.82) is 0 Å². The van der Waals surface area contributed by atoms with Crippen molar-refractivity contribution in [2.24, 2.45) is 7.05 Å². The van der Waals surface area contributed by atoms with Gasteiger partial charge in [0.15, 0.2) is 5.82 Å². The SMILES string of the molecule is CNc1cc(C2CC2)nc(-c2cncn2C)n1. The first-order chi connectivity index (χ1) is 8.28. The highest BCUT2D eigenvalue weighted by Crippen LogP contribution is 2.40. The van der Waals surface area contributed by atoms with Crippen molar-refractivity contribution >= 4 is 5.82 Å². The van der Waals surface area contributed by atoms with Crippen LogP contribution in [0.15, 0.2) is 18.6 Å². The van der Waals surface area contributed by atoms with Crippen LogP contribution in [0.5, 0.6) is 0 Å². The molecule has 0 spiro atoms. The Morgan fingerprint density at radius 1 is 1.35 bits per heavy atom. The predicted octanol–water partition coefficient (Wildman–Crippen LogP) is 1.80. The zero-order chi connectivity index (χ0) is 11.8.